The first-order valence-electron chi connectivity index (χ1n) is 20.7. The number of aliphatic hydroxyl groups excluding tert-OH is 1. The third kappa shape index (κ3) is 7.73. The highest BCUT2D eigenvalue weighted by Gasteiger charge is 2.79. The van der Waals surface area contributed by atoms with E-state index in [-0.39, 0.29) is 30.9 Å². The van der Waals surface area contributed by atoms with Crippen molar-refractivity contribution in [3.8, 4) is 0 Å². The van der Waals surface area contributed by atoms with E-state index < -0.39 is 112 Å². The summed E-state index contributed by atoms with van der Waals surface area (Å²) in [5, 5.41) is 28.0. The number of aliphatic hydroxyl groups is 2. The van der Waals surface area contributed by atoms with Gasteiger partial charge < -0.3 is 48.7 Å². The largest absolute Gasteiger partial charge is 0.456 e. The number of fused-ring (bicyclic) bond motifs is 4. The highest BCUT2D eigenvalue weighted by atomic mass is 16.7. The van der Waals surface area contributed by atoms with E-state index in [2.05, 4.69) is 11.9 Å². The zero-order valence-corrected chi connectivity index (χ0v) is 36.2. The Labute approximate surface area is 347 Å². The predicted molar refractivity (Wildman–Crippen MR) is 214 cm³/mol. The third-order valence-corrected chi connectivity index (χ3v) is 13.5. The van der Waals surface area contributed by atoms with Gasteiger partial charge in [-0.1, -0.05) is 71.9 Å². The molecule has 326 valence electrons. The number of hydrogen-bond acceptors (Lipinski definition) is 13. The number of hydrogen-bond donors (Lipinski definition) is 3. The molecule has 0 spiro atoms. The Morgan fingerprint density at radius 1 is 1.05 bits per heavy atom. The van der Waals surface area contributed by atoms with Gasteiger partial charge in [-0.05, 0) is 63.8 Å². The van der Waals surface area contributed by atoms with Crippen molar-refractivity contribution < 1.29 is 62.5 Å². The summed E-state index contributed by atoms with van der Waals surface area (Å²) in [5.74, 6) is -3.85. The SMILES string of the molecule is C=C[C@H]1O[C@H]2C[C@H]3OC[C@@]3(OC(C)=O)[C@H]3[C@H](OC(=O)c4ccccc4)[C@]4(O)C[C@H](OC(=O)[C@H](O)C(CC(C)C)NC(=O)OC(C)(C)C)C(C)=C([C@H](C)[C@H](O1)[C@]23C)C4(C)C. The maximum Gasteiger partial charge on any atom is 0.407 e. The Morgan fingerprint density at radius 3 is 2.27 bits per heavy atom. The van der Waals surface area contributed by atoms with Crippen LogP contribution in [0.5, 0.6) is 0 Å². The van der Waals surface area contributed by atoms with E-state index in [0.29, 0.717) is 17.6 Å². The van der Waals surface area contributed by atoms with E-state index in [1.54, 1.807) is 57.2 Å². The molecule has 3 aliphatic carbocycles. The standard InChI is InChI=1S/C45H63NO13/c1-13-32-55-30-20-31-44(22-53-31,58-26(6)47)35-37(57-38(49)27-17-15-14-16-18-27)45(52)21-29(24(4)33(42(45,10)11)25(5)36(56-32)43(30,35)12)54-39(50)34(48)28(19-23(2)3)46-40(51)59-41(7,8)9/h13-18,23,25,28-32,34-37,48,52H,1,19-22H2,2-12H3,(H,46,51)/t25-,28?,29-,30-,31+,32-,34+,35-,36-,37-,43+,44-,45+/m0/s1. The summed E-state index contributed by atoms with van der Waals surface area (Å²) in [6, 6.07) is 7.32. The summed E-state index contributed by atoms with van der Waals surface area (Å²) in [7, 11) is 0. The van der Waals surface area contributed by atoms with Gasteiger partial charge in [-0.25, -0.2) is 14.4 Å². The Hall–Kier alpha value is -3.82. The molecule has 1 amide bonds. The van der Waals surface area contributed by atoms with E-state index in [9.17, 15) is 29.4 Å². The lowest BCUT2D eigenvalue weighted by molar-refractivity contribution is -0.403. The molecular weight excluding hydrogens is 762 g/mol. The number of alkyl carbamates (subject to hydrolysis) is 1. The van der Waals surface area contributed by atoms with Crippen LogP contribution in [0.1, 0.15) is 106 Å². The van der Waals surface area contributed by atoms with Gasteiger partial charge in [0.05, 0.1) is 36.3 Å². The second-order valence-corrected chi connectivity index (χ2v) is 19.3. The van der Waals surface area contributed by atoms with Crippen LogP contribution in [0.2, 0.25) is 0 Å². The van der Waals surface area contributed by atoms with E-state index >= 15 is 0 Å². The molecule has 14 heteroatoms. The fourth-order valence-corrected chi connectivity index (χ4v) is 11.0. The van der Waals surface area contributed by atoms with Gasteiger partial charge in [0, 0.05) is 36.5 Å². The number of carbonyl (C=O) groups excluding carboxylic acids is 4. The minimum atomic E-state index is -2.02. The fourth-order valence-electron chi connectivity index (χ4n) is 11.0. The summed E-state index contributed by atoms with van der Waals surface area (Å²) in [6.07, 6.45) is -6.18. The van der Waals surface area contributed by atoms with Crippen LogP contribution in [-0.4, -0.2) is 107 Å². The Kier molecular flexibility index (Phi) is 12.1. The molecule has 0 radical (unpaired) electrons. The molecule has 2 heterocycles. The minimum absolute atomic E-state index is 0.0405. The Balaban J connectivity index is 1.51. The maximum absolute atomic E-state index is 14.4. The predicted octanol–water partition coefficient (Wildman–Crippen LogP) is 5.57. The van der Waals surface area contributed by atoms with Gasteiger partial charge in [0.2, 0.25) is 0 Å². The Morgan fingerprint density at radius 2 is 1.71 bits per heavy atom. The third-order valence-electron chi connectivity index (χ3n) is 13.5. The first-order valence-corrected chi connectivity index (χ1v) is 20.7. The van der Waals surface area contributed by atoms with Gasteiger partial charge in [0.1, 0.15) is 29.5 Å². The van der Waals surface area contributed by atoms with Crippen LogP contribution in [0.3, 0.4) is 0 Å². The topological polar surface area (TPSA) is 185 Å². The summed E-state index contributed by atoms with van der Waals surface area (Å²) >= 11 is 0. The lowest BCUT2D eigenvalue weighted by Gasteiger charge is -2.71. The number of benzene rings is 1. The second kappa shape index (κ2) is 15.9. The van der Waals surface area contributed by atoms with Crippen LogP contribution in [0.15, 0.2) is 54.1 Å². The molecule has 2 saturated carbocycles. The molecule has 5 aliphatic rings. The average Bonchev–Trinajstić information content (AvgIpc) is 3.12. The molecule has 4 fully saturated rings. The van der Waals surface area contributed by atoms with Crippen molar-refractivity contribution in [2.75, 3.05) is 6.61 Å². The molecule has 14 nitrogen and oxygen atoms in total. The van der Waals surface area contributed by atoms with E-state index in [4.69, 9.17) is 33.2 Å². The number of rotatable bonds is 10. The minimum Gasteiger partial charge on any atom is -0.456 e. The number of esters is 3. The molecule has 13 atom stereocenters. The van der Waals surface area contributed by atoms with E-state index in [1.165, 1.54) is 6.92 Å². The first kappa shape index (κ1) is 44.7. The zero-order valence-electron chi connectivity index (χ0n) is 36.2. The van der Waals surface area contributed by atoms with Crippen LogP contribution >= 0.6 is 0 Å². The van der Waals surface area contributed by atoms with Gasteiger partial charge in [-0.3, -0.25) is 4.79 Å². The molecule has 1 aromatic rings. The van der Waals surface area contributed by atoms with Crippen LogP contribution in [0.25, 0.3) is 0 Å². The molecule has 2 bridgehead atoms. The van der Waals surface area contributed by atoms with Gasteiger partial charge in [0.25, 0.3) is 0 Å². The van der Waals surface area contributed by atoms with Crippen LogP contribution in [0.4, 0.5) is 4.79 Å². The first-order chi connectivity index (χ1) is 27.4. The van der Waals surface area contributed by atoms with Crippen molar-refractivity contribution in [1.29, 1.82) is 0 Å². The van der Waals surface area contributed by atoms with Crippen molar-refractivity contribution in [3.05, 3.63) is 59.7 Å². The molecule has 59 heavy (non-hydrogen) atoms. The van der Waals surface area contributed by atoms with Gasteiger partial charge in [-0.2, -0.15) is 0 Å². The van der Waals surface area contributed by atoms with Crippen LogP contribution in [-0.2, 0) is 42.7 Å². The lowest BCUT2D eigenvalue weighted by Crippen LogP contribution is -2.83. The summed E-state index contributed by atoms with van der Waals surface area (Å²) in [6.45, 7) is 23.6. The summed E-state index contributed by atoms with van der Waals surface area (Å²) in [5.41, 5.74) is -4.96. The monoisotopic (exact) mass is 825 g/mol. The number of ether oxygens (including phenoxy) is 7. The second-order valence-electron chi connectivity index (χ2n) is 19.3. The van der Waals surface area contributed by atoms with Gasteiger partial charge >= 0.3 is 24.0 Å². The Bertz CT molecular complexity index is 1840. The molecule has 2 saturated heterocycles. The molecule has 1 unspecified atom stereocenters. The number of carbonyl (C=O) groups is 4. The highest BCUT2D eigenvalue weighted by molar-refractivity contribution is 5.89. The fraction of sp³-hybridized carbons (Fsp3) is 0.689. The molecular formula is C45H63NO13. The summed E-state index contributed by atoms with van der Waals surface area (Å²) < 4.78 is 44.1. The van der Waals surface area contributed by atoms with E-state index in [1.807, 2.05) is 48.5 Å². The lowest BCUT2D eigenvalue weighted by atomic mass is 9.43. The van der Waals surface area contributed by atoms with Crippen molar-refractivity contribution in [2.24, 2.45) is 28.6 Å². The van der Waals surface area contributed by atoms with Crippen LogP contribution < -0.4 is 5.32 Å². The average molecular weight is 826 g/mol. The highest BCUT2D eigenvalue weighted by Crippen LogP contribution is 2.68. The summed E-state index contributed by atoms with van der Waals surface area (Å²) in [4.78, 5) is 54.5. The van der Waals surface area contributed by atoms with Crippen molar-refractivity contribution in [2.45, 2.75) is 161 Å². The molecule has 6 rings (SSSR count). The normalized spacial score (nSPS) is 36.8. The maximum atomic E-state index is 14.4. The van der Waals surface area contributed by atoms with Crippen molar-refractivity contribution in [3.63, 3.8) is 0 Å². The molecule has 3 N–H and O–H groups in total. The zero-order chi connectivity index (χ0) is 43.6. The van der Waals surface area contributed by atoms with Crippen molar-refractivity contribution in [1.82, 2.24) is 5.32 Å². The number of amides is 1. The molecule has 2 aliphatic heterocycles. The van der Waals surface area contributed by atoms with Crippen LogP contribution in [0, 0.1) is 28.6 Å². The quantitative estimate of drug-likeness (QED) is 0.151. The molecule has 0 aromatic heterocycles. The van der Waals surface area contributed by atoms with E-state index in [0.717, 1.165) is 0 Å². The number of nitrogens with one attached hydrogen (secondary N) is 1. The molecule has 1 aromatic carbocycles. The van der Waals surface area contributed by atoms with Gasteiger partial charge in [0.15, 0.2) is 18.0 Å². The smallest absolute Gasteiger partial charge is 0.407 e. The van der Waals surface area contributed by atoms with Gasteiger partial charge in [-0.15, -0.1) is 0 Å². The van der Waals surface area contributed by atoms with Crippen molar-refractivity contribution >= 4 is 24.0 Å².